The number of nitrogens with zero attached hydrogens (tertiary/aromatic N) is 1. The van der Waals surface area contributed by atoms with Crippen molar-refractivity contribution in [1.29, 1.82) is 0 Å². The van der Waals surface area contributed by atoms with E-state index in [0.29, 0.717) is 0 Å². The lowest BCUT2D eigenvalue weighted by Gasteiger charge is -2.27. The molecule has 0 aliphatic heterocycles. The molecule has 0 spiro atoms. The molecule has 0 aromatic heterocycles. The van der Waals surface area contributed by atoms with E-state index in [2.05, 4.69) is 18.7 Å². The average molecular weight is 208 g/mol. The summed E-state index contributed by atoms with van der Waals surface area (Å²) in [5.41, 5.74) is 7.84. The summed E-state index contributed by atoms with van der Waals surface area (Å²) in [4.78, 5) is 2.23. The van der Waals surface area contributed by atoms with Crippen molar-refractivity contribution in [2.45, 2.75) is 20.0 Å². The van der Waals surface area contributed by atoms with Crippen LogP contribution in [0.3, 0.4) is 0 Å². The number of nitrogens with two attached hydrogens (primary N) is 1. The van der Waals surface area contributed by atoms with Gasteiger partial charge in [-0.05, 0) is 26.0 Å². The number of anilines is 2. The molecule has 0 bridgehead atoms. The number of likely N-dealkylation sites (N-methyl/N-ethyl adjacent to an activating group) is 1. The maximum atomic E-state index is 5.93. The Hall–Kier alpha value is -1.22. The van der Waals surface area contributed by atoms with Crippen LogP contribution in [0.25, 0.3) is 0 Å². The molecular weight excluding hydrogens is 188 g/mol. The quantitative estimate of drug-likeness (QED) is 0.753. The van der Waals surface area contributed by atoms with Crippen LogP contribution in [0, 0.1) is 0 Å². The van der Waals surface area contributed by atoms with Crippen LogP contribution < -0.4 is 10.6 Å². The molecule has 0 aliphatic carbocycles. The van der Waals surface area contributed by atoms with Crippen molar-refractivity contribution in [3.63, 3.8) is 0 Å². The highest BCUT2D eigenvalue weighted by Gasteiger charge is 2.10. The van der Waals surface area contributed by atoms with E-state index in [9.17, 15) is 0 Å². The molecule has 0 heterocycles. The van der Waals surface area contributed by atoms with Crippen molar-refractivity contribution in [2.75, 3.05) is 30.8 Å². The van der Waals surface area contributed by atoms with Gasteiger partial charge in [0.05, 0.1) is 17.5 Å². The van der Waals surface area contributed by atoms with Crippen LogP contribution in [0.1, 0.15) is 13.8 Å². The smallest absolute Gasteiger partial charge is 0.0718 e. The van der Waals surface area contributed by atoms with Gasteiger partial charge < -0.3 is 15.4 Å². The lowest BCUT2D eigenvalue weighted by molar-refractivity contribution is 0.123. The van der Waals surface area contributed by atoms with Crippen LogP contribution in [0.5, 0.6) is 0 Å². The summed E-state index contributed by atoms with van der Waals surface area (Å²) >= 11 is 0. The van der Waals surface area contributed by atoms with Gasteiger partial charge in [0.15, 0.2) is 0 Å². The number of para-hydroxylation sites is 2. The highest BCUT2D eigenvalue weighted by Crippen LogP contribution is 2.22. The number of benzene rings is 1. The Morgan fingerprint density at radius 1 is 1.40 bits per heavy atom. The van der Waals surface area contributed by atoms with Gasteiger partial charge in [-0.1, -0.05) is 12.1 Å². The normalized spacial score (nSPS) is 12.5. The van der Waals surface area contributed by atoms with Crippen LogP contribution in [0.4, 0.5) is 11.4 Å². The standard InChI is InChI=1S/C12H20N2O/c1-4-14(9-10(2)15-3)12-8-6-5-7-11(12)13/h5-8,10H,4,9,13H2,1-3H3. The minimum Gasteiger partial charge on any atom is -0.397 e. The van der Waals surface area contributed by atoms with E-state index in [4.69, 9.17) is 10.5 Å². The lowest BCUT2D eigenvalue weighted by Crippen LogP contribution is -2.32. The number of ether oxygens (including phenoxy) is 1. The van der Waals surface area contributed by atoms with Gasteiger partial charge in [0.2, 0.25) is 0 Å². The van der Waals surface area contributed by atoms with Crippen LogP contribution >= 0.6 is 0 Å². The number of methoxy groups -OCH3 is 1. The highest BCUT2D eigenvalue weighted by molar-refractivity contribution is 5.67. The summed E-state index contributed by atoms with van der Waals surface area (Å²) in [6.07, 6.45) is 0.213. The van der Waals surface area contributed by atoms with Gasteiger partial charge in [-0.15, -0.1) is 0 Å². The second kappa shape index (κ2) is 5.61. The molecule has 1 aromatic carbocycles. The summed E-state index contributed by atoms with van der Waals surface area (Å²) in [5.74, 6) is 0. The molecular formula is C12H20N2O. The lowest BCUT2D eigenvalue weighted by atomic mass is 10.2. The van der Waals surface area contributed by atoms with E-state index in [1.54, 1.807) is 7.11 Å². The molecule has 2 N–H and O–H groups in total. The SMILES string of the molecule is CCN(CC(C)OC)c1ccccc1N. The van der Waals surface area contributed by atoms with E-state index in [-0.39, 0.29) is 6.10 Å². The van der Waals surface area contributed by atoms with E-state index in [0.717, 1.165) is 24.5 Å². The Morgan fingerprint density at radius 2 is 2.07 bits per heavy atom. The van der Waals surface area contributed by atoms with Gasteiger partial charge in [0.1, 0.15) is 0 Å². The third-order valence-corrected chi connectivity index (χ3v) is 2.54. The largest absolute Gasteiger partial charge is 0.397 e. The van der Waals surface area contributed by atoms with Crippen LogP contribution in [0.15, 0.2) is 24.3 Å². The van der Waals surface area contributed by atoms with Crippen molar-refractivity contribution >= 4 is 11.4 Å². The second-order valence-corrected chi connectivity index (χ2v) is 3.64. The van der Waals surface area contributed by atoms with Gasteiger partial charge in [-0.25, -0.2) is 0 Å². The first-order valence-electron chi connectivity index (χ1n) is 5.31. The van der Waals surface area contributed by atoms with Gasteiger partial charge in [0, 0.05) is 20.2 Å². The Morgan fingerprint density at radius 3 is 2.60 bits per heavy atom. The molecule has 15 heavy (non-hydrogen) atoms. The maximum Gasteiger partial charge on any atom is 0.0718 e. The fraction of sp³-hybridized carbons (Fsp3) is 0.500. The van der Waals surface area contributed by atoms with E-state index >= 15 is 0 Å². The molecule has 1 rings (SSSR count). The summed E-state index contributed by atoms with van der Waals surface area (Å²) in [6.45, 7) is 5.97. The molecule has 0 radical (unpaired) electrons. The predicted molar refractivity (Wildman–Crippen MR) is 65.2 cm³/mol. The first-order chi connectivity index (χ1) is 7.19. The summed E-state index contributed by atoms with van der Waals surface area (Å²) in [5, 5.41) is 0. The molecule has 1 unspecified atom stereocenters. The molecule has 0 aliphatic rings. The topological polar surface area (TPSA) is 38.5 Å². The Balaban J connectivity index is 2.78. The molecule has 1 atom stereocenters. The Bertz CT molecular complexity index is 301. The van der Waals surface area contributed by atoms with E-state index in [1.807, 2.05) is 24.3 Å². The molecule has 1 aromatic rings. The molecule has 3 heteroatoms. The molecule has 84 valence electrons. The Labute approximate surface area is 91.8 Å². The van der Waals surface area contributed by atoms with Gasteiger partial charge in [0.25, 0.3) is 0 Å². The van der Waals surface area contributed by atoms with E-state index < -0.39 is 0 Å². The third-order valence-electron chi connectivity index (χ3n) is 2.54. The van der Waals surface area contributed by atoms with Gasteiger partial charge in [-0.3, -0.25) is 0 Å². The molecule has 0 saturated carbocycles. The fourth-order valence-corrected chi connectivity index (χ4v) is 1.56. The summed E-state index contributed by atoms with van der Waals surface area (Å²) in [6, 6.07) is 7.93. The maximum absolute atomic E-state index is 5.93. The minimum absolute atomic E-state index is 0.213. The molecule has 3 nitrogen and oxygen atoms in total. The number of nitrogen functional groups attached to an aromatic ring is 1. The first kappa shape index (κ1) is 11.9. The molecule has 0 amide bonds. The van der Waals surface area contributed by atoms with Gasteiger partial charge in [-0.2, -0.15) is 0 Å². The van der Waals surface area contributed by atoms with Crippen molar-refractivity contribution < 1.29 is 4.74 Å². The van der Waals surface area contributed by atoms with Crippen molar-refractivity contribution in [1.82, 2.24) is 0 Å². The monoisotopic (exact) mass is 208 g/mol. The van der Waals surface area contributed by atoms with Crippen molar-refractivity contribution in [3.8, 4) is 0 Å². The van der Waals surface area contributed by atoms with Crippen molar-refractivity contribution in [3.05, 3.63) is 24.3 Å². The predicted octanol–water partition coefficient (Wildman–Crippen LogP) is 2.13. The number of rotatable bonds is 5. The Kier molecular flexibility index (Phi) is 4.43. The number of hydrogen-bond donors (Lipinski definition) is 1. The van der Waals surface area contributed by atoms with Gasteiger partial charge >= 0.3 is 0 Å². The van der Waals surface area contributed by atoms with E-state index in [1.165, 1.54) is 0 Å². The molecule has 0 fully saturated rings. The first-order valence-corrected chi connectivity index (χ1v) is 5.31. The zero-order valence-corrected chi connectivity index (χ0v) is 9.73. The fourth-order valence-electron chi connectivity index (χ4n) is 1.56. The average Bonchev–Trinajstić information content (AvgIpc) is 2.26. The third kappa shape index (κ3) is 3.13. The molecule has 0 saturated heterocycles. The second-order valence-electron chi connectivity index (χ2n) is 3.64. The van der Waals surface area contributed by atoms with Crippen molar-refractivity contribution in [2.24, 2.45) is 0 Å². The minimum atomic E-state index is 0.213. The summed E-state index contributed by atoms with van der Waals surface area (Å²) in [7, 11) is 1.73. The van der Waals surface area contributed by atoms with Crippen LogP contribution in [-0.4, -0.2) is 26.3 Å². The zero-order valence-electron chi connectivity index (χ0n) is 9.73. The number of hydrogen-bond acceptors (Lipinski definition) is 3. The van der Waals surface area contributed by atoms with Crippen LogP contribution in [-0.2, 0) is 4.74 Å². The highest BCUT2D eigenvalue weighted by atomic mass is 16.5. The summed E-state index contributed by atoms with van der Waals surface area (Å²) < 4.78 is 5.26. The zero-order chi connectivity index (χ0) is 11.3. The van der Waals surface area contributed by atoms with Crippen LogP contribution in [0.2, 0.25) is 0 Å².